The van der Waals surface area contributed by atoms with Crippen molar-refractivity contribution in [2.45, 2.75) is 39.9 Å². The van der Waals surface area contributed by atoms with E-state index in [4.69, 9.17) is 11.6 Å². The number of alkyl halides is 3. The Morgan fingerprint density at radius 3 is 2.30 bits per heavy atom. The lowest BCUT2D eigenvalue weighted by molar-refractivity contribution is -0.141. The third-order valence-electron chi connectivity index (χ3n) is 4.23. The fraction of sp³-hybridized carbons (Fsp3) is 0.444. The van der Waals surface area contributed by atoms with Crippen molar-refractivity contribution >= 4 is 28.9 Å². The number of aromatic nitrogens is 2. The van der Waals surface area contributed by atoms with Crippen molar-refractivity contribution < 1.29 is 18.0 Å². The number of carbonyl (C=O) groups is 1. The van der Waals surface area contributed by atoms with Crippen LogP contribution < -0.4 is 10.2 Å². The average molecular weight is 403 g/mol. The molecule has 5 nitrogen and oxygen atoms in total. The van der Waals surface area contributed by atoms with Gasteiger partial charge >= 0.3 is 6.18 Å². The first-order chi connectivity index (χ1) is 12.7. The lowest BCUT2D eigenvalue weighted by atomic mass is 10.2. The Morgan fingerprint density at radius 1 is 1.22 bits per heavy atom. The second-order valence-electron chi connectivity index (χ2n) is 5.99. The van der Waals surface area contributed by atoms with Gasteiger partial charge in [0.1, 0.15) is 0 Å². The normalized spacial score (nSPS) is 11.5. The van der Waals surface area contributed by atoms with E-state index in [0.29, 0.717) is 5.69 Å². The van der Waals surface area contributed by atoms with Crippen LogP contribution in [0.5, 0.6) is 0 Å². The SMILES string of the molecule is CCN(CC)c1ccc(NC(=O)CCn2nc(C(F)(F)F)c(Cl)c2C)cc1. The molecule has 1 aromatic heterocycles. The molecule has 0 fully saturated rings. The molecule has 1 heterocycles. The van der Waals surface area contributed by atoms with Gasteiger partial charge in [-0.05, 0) is 45.0 Å². The van der Waals surface area contributed by atoms with Gasteiger partial charge in [-0.15, -0.1) is 0 Å². The van der Waals surface area contributed by atoms with Gasteiger partial charge in [-0.25, -0.2) is 0 Å². The molecule has 0 aliphatic heterocycles. The molecule has 1 N–H and O–H groups in total. The number of hydrogen-bond acceptors (Lipinski definition) is 3. The van der Waals surface area contributed by atoms with E-state index in [1.54, 1.807) is 12.1 Å². The average Bonchev–Trinajstić information content (AvgIpc) is 2.91. The molecule has 1 aromatic carbocycles. The van der Waals surface area contributed by atoms with Crippen LogP contribution in [0.15, 0.2) is 24.3 Å². The molecule has 148 valence electrons. The summed E-state index contributed by atoms with van der Waals surface area (Å²) in [5.41, 5.74) is 0.732. The molecular formula is C18H22ClF3N4O. The number of nitrogens with one attached hydrogen (secondary N) is 1. The van der Waals surface area contributed by atoms with E-state index in [9.17, 15) is 18.0 Å². The molecule has 9 heteroatoms. The molecule has 1 amide bonds. The first-order valence-corrected chi connectivity index (χ1v) is 9.00. The Morgan fingerprint density at radius 2 is 1.81 bits per heavy atom. The Bertz CT molecular complexity index is 783. The number of anilines is 2. The minimum absolute atomic E-state index is 0.00496. The highest BCUT2D eigenvalue weighted by molar-refractivity contribution is 6.31. The topological polar surface area (TPSA) is 50.2 Å². The molecule has 0 saturated carbocycles. The molecule has 0 spiro atoms. The van der Waals surface area contributed by atoms with E-state index in [0.717, 1.165) is 23.5 Å². The fourth-order valence-corrected chi connectivity index (χ4v) is 2.94. The summed E-state index contributed by atoms with van der Waals surface area (Å²) in [5.74, 6) is -0.315. The molecule has 0 atom stereocenters. The minimum atomic E-state index is -4.62. The highest BCUT2D eigenvalue weighted by atomic mass is 35.5. The number of amides is 1. The van der Waals surface area contributed by atoms with E-state index in [1.807, 2.05) is 12.1 Å². The van der Waals surface area contributed by atoms with Crippen molar-refractivity contribution in [3.05, 3.63) is 40.7 Å². The molecule has 2 aromatic rings. The zero-order valence-corrected chi connectivity index (χ0v) is 16.2. The van der Waals surface area contributed by atoms with E-state index >= 15 is 0 Å². The van der Waals surface area contributed by atoms with E-state index in [-0.39, 0.29) is 24.6 Å². The maximum atomic E-state index is 12.8. The Balaban J connectivity index is 1.97. The Labute approximate surface area is 161 Å². The van der Waals surface area contributed by atoms with Gasteiger partial charge in [0.05, 0.1) is 17.3 Å². The van der Waals surface area contributed by atoms with Crippen LogP contribution >= 0.6 is 11.6 Å². The third-order valence-corrected chi connectivity index (χ3v) is 4.68. The predicted octanol–water partition coefficient (Wildman–Crippen LogP) is 4.74. The van der Waals surface area contributed by atoms with Gasteiger partial charge < -0.3 is 10.2 Å². The van der Waals surface area contributed by atoms with E-state index in [2.05, 4.69) is 29.2 Å². The molecule has 0 unspecified atom stereocenters. The number of hydrogen-bond donors (Lipinski definition) is 1. The van der Waals surface area contributed by atoms with Crippen molar-refractivity contribution in [1.29, 1.82) is 0 Å². The number of benzene rings is 1. The second kappa shape index (κ2) is 8.65. The summed E-state index contributed by atoms with van der Waals surface area (Å²) in [6, 6.07) is 7.41. The van der Waals surface area contributed by atoms with Crippen LogP contribution in [-0.2, 0) is 17.5 Å². The summed E-state index contributed by atoms with van der Waals surface area (Å²) in [6.07, 6.45) is -4.64. The van der Waals surface area contributed by atoms with Crippen molar-refractivity contribution in [2.24, 2.45) is 0 Å². The largest absolute Gasteiger partial charge is 0.436 e. The molecule has 0 aliphatic carbocycles. The third kappa shape index (κ3) is 5.15. The Hall–Kier alpha value is -2.22. The van der Waals surface area contributed by atoms with Crippen LogP contribution in [0, 0.1) is 6.92 Å². The monoisotopic (exact) mass is 402 g/mol. The van der Waals surface area contributed by atoms with Crippen molar-refractivity contribution in [2.75, 3.05) is 23.3 Å². The number of nitrogens with zero attached hydrogens (tertiary/aromatic N) is 3. The number of halogens is 4. The number of carbonyl (C=O) groups excluding carboxylic acids is 1. The maximum absolute atomic E-state index is 12.8. The van der Waals surface area contributed by atoms with Gasteiger partial charge in [-0.3, -0.25) is 9.48 Å². The minimum Gasteiger partial charge on any atom is -0.372 e. The second-order valence-corrected chi connectivity index (χ2v) is 6.36. The summed E-state index contributed by atoms with van der Waals surface area (Å²) < 4.78 is 39.6. The van der Waals surface area contributed by atoms with Crippen molar-refractivity contribution in [1.82, 2.24) is 9.78 Å². The number of rotatable bonds is 7. The summed E-state index contributed by atoms with van der Waals surface area (Å²) in [6.45, 7) is 7.33. The van der Waals surface area contributed by atoms with Gasteiger partial charge in [-0.1, -0.05) is 11.6 Å². The van der Waals surface area contributed by atoms with Crippen LogP contribution in [0.1, 0.15) is 31.7 Å². The van der Waals surface area contributed by atoms with Crippen LogP contribution in [0.3, 0.4) is 0 Å². The van der Waals surface area contributed by atoms with Crippen molar-refractivity contribution in [3.63, 3.8) is 0 Å². The lowest BCUT2D eigenvalue weighted by Crippen LogP contribution is -2.21. The van der Waals surface area contributed by atoms with E-state index in [1.165, 1.54) is 6.92 Å². The van der Waals surface area contributed by atoms with E-state index < -0.39 is 16.9 Å². The molecular weight excluding hydrogens is 381 g/mol. The standard InChI is InChI=1S/C18H22ClF3N4O/c1-4-25(5-2)14-8-6-13(7-9-14)23-15(27)10-11-26-12(3)16(19)17(24-26)18(20,21)22/h6-9H,4-5,10-11H2,1-3H3,(H,23,27). The van der Waals surface area contributed by atoms with Crippen LogP contribution in [0.4, 0.5) is 24.5 Å². The maximum Gasteiger partial charge on any atom is 0.436 e. The summed E-state index contributed by atoms with van der Waals surface area (Å²) in [4.78, 5) is 14.3. The molecule has 0 aliphatic rings. The fourth-order valence-electron chi connectivity index (χ4n) is 2.70. The summed E-state index contributed by atoms with van der Waals surface area (Å²) in [7, 11) is 0. The van der Waals surface area contributed by atoms with Crippen molar-refractivity contribution in [3.8, 4) is 0 Å². The highest BCUT2D eigenvalue weighted by Gasteiger charge is 2.38. The quantitative estimate of drug-likeness (QED) is 0.727. The van der Waals surface area contributed by atoms with Gasteiger partial charge in [0.2, 0.25) is 5.91 Å². The first-order valence-electron chi connectivity index (χ1n) is 8.62. The molecule has 0 radical (unpaired) electrons. The Kier molecular flexibility index (Phi) is 6.75. The highest BCUT2D eigenvalue weighted by Crippen LogP contribution is 2.35. The summed E-state index contributed by atoms with van der Waals surface area (Å²) in [5, 5.41) is 5.78. The van der Waals surface area contributed by atoms with Gasteiger partial charge in [0.25, 0.3) is 0 Å². The molecule has 27 heavy (non-hydrogen) atoms. The van der Waals surface area contributed by atoms with Crippen LogP contribution in [0.25, 0.3) is 0 Å². The van der Waals surface area contributed by atoms with Crippen LogP contribution in [0.2, 0.25) is 5.02 Å². The van der Waals surface area contributed by atoms with Gasteiger partial charge in [0.15, 0.2) is 5.69 Å². The molecule has 2 rings (SSSR count). The lowest BCUT2D eigenvalue weighted by Gasteiger charge is -2.21. The zero-order chi connectivity index (χ0) is 20.2. The zero-order valence-electron chi connectivity index (χ0n) is 15.4. The summed E-state index contributed by atoms with van der Waals surface area (Å²) >= 11 is 5.70. The smallest absolute Gasteiger partial charge is 0.372 e. The van der Waals surface area contributed by atoms with Gasteiger partial charge in [-0.2, -0.15) is 18.3 Å². The van der Waals surface area contributed by atoms with Crippen LogP contribution in [-0.4, -0.2) is 28.8 Å². The molecule has 0 bridgehead atoms. The van der Waals surface area contributed by atoms with Gasteiger partial charge in [0, 0.05) is 30.9 Å². The predicted molar refractivity (Wildman–Crippen MR) is 100 cm³/mol. The first kappa shape index (κ1) is 21.1. The molecule has 0 saturated heterocycles. The number of aryl methyl sites for hydroxylation is 1.